The van der Waals surface area contributed by atoms with Crippen LogP contribution in [0.15, 0.2) is 48.8 Å². The predicted octanol–water partition coefficient (Wildman–Crippen LogP) is 1.60. The molecule has 2 aromatic heterocycles. The molecule has 1 unspecified atom stereocenters. The van der Waals surface area contributed by atoms with Crippen molar-refractivity contribution < 1.29 is 38.1 Å². The number of hydrogen-bond donors (Lipinski definition) is 4. The van der Waals surface area contributed by atoms with Crippen LogP contribution in [0.2, 0.25) is 0 Å². The van der Waals surface area contributed by atoms with Crippen molar-refractivity contribution in [3.05, 3.63) is 54.4 Å². The summed E-state index contributed by atoms with van der Waals surface area (Å²) in [6.45, 7) is -0.394. The normalized spacial score (nSPS) is 17.6. The Labute approximate surface area is 226 Å². The number of ketones is 2. The van der Waals surface area contributed by atoms with Crippen LogP contribution in [-0.4, -0.2) is 75.8 Å². The van der Waals surface area contributed by atoms with Crippen LogP contribution in [0, 0.1) is 16.7 Å². The van der Waals surface area contributed by atoms with Crippen molar-refractivity contribution in [2.45, 2.75) is 25.2 Å². The van der Waals surface area contributed by atoms with Crippen LogP contribution in [0.3, 0.4) is 0 Å². The summed E-state index contributed by atoms with van der Waals surface area (Å²) in [6.07, 6.45) is -4.78. The van der Waals surface area contributed by atoms with Gasteiger partial charge in [-0.15, -0.1) is 0 Å². The largest absolute Gasteiger partial charge is 0.487 e. The highest BCUT2D eigenvalue weighted by atomic mass is 19.1. The zero-order chi connectivity index (χ0) is 28.9. The minimum Gasteiger partial charge on any atom is -0.487 e. The number of nitrogens with zero attached hydrogens (tertiary/aromatic N) is 4. The molecular weight excluding hydrogens is 530 g/mol. The molecule has 0 spiro atoms. The molecule has 0 aliphatic carbocycles. The number of aliphatic hydroxyl groups is 2. The first-order chi connectivity index (χ1) is 19.2. The summed E-state index contributed by atoms with van der Waals surface area (Å²) in [4.78, 5) is 37.9. The zero-order valence-electron chi connectivity index (χ0n) is 21.0. The number of ether oxygens (including phenoxy) is 2. The fourth-order valence-electron chi connectivity index (χ4n) is 4.42. The summed E-state index contributed by atoms with van der Waals surface area (Å²) < 4.78 is 38.4. The third-order valence-corrected chi connectivity index (χ3v) is 6.37. The van der Waals surface area contributed by atoms with Gasteiger partial charge in [-0.2, -0.15) is 5.26 Å². The van der Waals surface area contributed by atoms with Crippen LogP contribution in [0.25, 0.3) is 11.3 Å². The van der Waals surface area contributed by atoms with Crippen molar-refractivity contribution in [3.63, 3.8) is 0 Å². The Balaban J connectivity index is 1.64. The van der Waals surface area contributed by atoms with Crippen molar-refractivity contribution >= 4 is 23.2 Å². The topological polar surface area (TPSA) is 180 Å². The number of methoxy groups -OCH3 is 1. The molecule has 0 bridgehead atoms. The molecule has 1 saturated heterocycles. The lowest BCUT2D eigenvalue weighted by Crippen LogP contribution is -2.64. The van der Waals surface area contributed by atoms with Gasteiger partial charge in [-0.3, -0.25) is 9.59 Å². The fraction of sp³-hybridized carbons (Fsp3) is 0.308. The van der Waals surface area contributed by atoms with E-state index in [9.17, 15) is 33.8 Å². The number of nitrogens with one attached hydrogen (secondary N) is 2. The molecule has 14 heteroatoms. The van der Waals surface area contributed by atoms with Crippen molar-refractivity contribution in [2.24, 2.45) is 5.41 Å². The molecule has 1 aromatic carbocycles. The maximum absolute atomic E-state index is 13.7. The third kappa shape index (κ3) is 5.71. The second-order valence-corrected chi connectivity index (χ2v) is 8.74. The molecule has 208 valence electrons. The number of carbonyl (C=O) groups is 2. The predicted molar refractivity (Wildman–Crippen MR) is 135 cm³/mol. The minimum absolute atomic E-state index is 0.0292. The number of halogens is 2. The van der Waals surface area contributed by atoms with E-state index in [1.54, 1.807) is 30.5 Å². The SMILES string of the molecule is COc1cc(Nc2nccc(-c3ccc(OC4CCNCC4(C(=O)[C@@H](O)F)C(=O)[C@@H](O)F)c(C#N)c3)n2)ccn1. The number of hydrogen-bond acceptors (Lipinski definition) is 12. The third-order valence-electron chi connectivity index (χ3n) is 6.37. The molecule has 3 atom stereocenters. The van der Waals surface area contributed by atoms with Gasteiger partial charge in [0.05, 0.1) is 18.4 Å². The zero-order valence-corrected chi connectivity index (χ0v) is 21.0. The maximum Gasteiger partial charge on any atom is 0.257 e. The van der Waals surface area contributed by atoms with E-state index in [2.05, 4.69) is 25.6 Å². The molecule has 1 aliphatic heterocycles. The number of pyridine rings is 1. The Morgan fingerprint density at radius 1 is 1.15 bits per heavy atom. The average Bonchev–Trinajstić information content (AvgIpc) is 2.97. The first-order valence-electron chi connectivity index (χ1n) is 11.9. The Morgan fingerprint density at radius 2 is 1.88 bits per heavy atom. The smallest absolute Gasteiger partial charge is 0.257 e. The lowest BCUT2D eigenvalue weighted by atomic mass is 9.70. The van der Waals surface area contributed by atoms with Gasteiger partial charge in [0, 0.05) is 36.3 Å². The van der Waals surface area contributed by atoms with Gasteiger partial charge >= 0.3 is 0 Å². The van der Waals surface area contributed by atoms with Crippen molar-refractivity contribution in [3.8, 4) is 29.0 Å². The van der Waals surface area contributed by atoms with Gasteiger partial charge in [0.25, 0.3) is 12.7 Å². The Kier molecular flexibility index (Phi) is 8.58. The van der Waals surface area contributed by atoms with Crippen LogP contribution >= 0.6 is 0 Å². The Morgan fingerprint density at radius 3 is 2.55 bits per heavy atom. The van der Waals surface area contributed by atoms with Gasteiger partial charge in [0.1, 0.15) is 23.3 Å². The average molecular weight is 555 g/mol. The van der Waals surface area contributed by atoms with Crippen molar-refractivity contribution in [1.29, 1.82) is 5.26 Å². The molecule has 12 nitrogen and oxygen atoms in total. The second-order valence-electron chi connectivity index (χ2n) is 8.74. The summed E-state index contributed by atoms with van der Waals surface area (Å²) in [5, 5.41) is 34.2. The fourth-order valence-corrected chi connectivity index (χ4v) is 4.42. The molecule has 3 aromatic rings. The van der Waals surface area contributed by atoms with E-state index < -0.39 is 42.3 Å². The second kappa shape index (κ2) is 12.1. The van der Waals surface area contributed by atoms with Crippen LogP contribution in [-0.2, 0) is 9.59 Å². The van der Waals surface area contributed by atoms with Crippen LogP contribution < -0.4 is 20.1 Å². The van der Waals surface area contributed by atoms with Crippen LogP contribution in [0.1, 0.15) is 12.0 Å². The summed E-state index contributed by atoms with van der Waals surface area (Å²) in [7, 11) is 1.49. The van der Waals surface area contributed by atoms with E-state index in [-0.39, 0.29) is 30.2 Å². The number of carbonyl (C=O) groups excluding carboxylic acids is 2. The molecule has 0 radical (unpaired) electrons. The number of piperidine rings is 1. The molecule has 1 fully saturated rings. The van der Waals surface area contributed by atoms with E-state index in [0.717, 1.165) is 0 Å². The molecule has 3 heterocycles. The quantitative estimate of drug-likeness (QED) is 0.266. The van der Waals surface area contributed by atoms with Gasteiger partial charge in [-0.1, -0.05) is 0 Å². The molecular formula is C26H24F2N6O6. The summed E-state index contributed by atoms with van der Waals surface area (Å²) >= 11 is 0. The standard InChI is InChI=1S/C26H24F2N6O6/c1-39-20-11-16(4-8-31-20)33-25-32-9-5-17(34-25)14-2-3-18(15(10-14)12-29)40-19-6-7-30-13-26(19,21(35)23(27)37)22(36)24(28)38/h2-5,8-11,19,23-24,30,37-38H,6-7,13H2,1H3,(H,31,32,33,34)/t19?,23-,24-/m1/s1. The van der Waals surface area contributed by atoms with E-state index in [0.29, 0.717) is 22.8 Å². The highest BCUT2D eigenvalue weighted by molar-refractivity contribution is 6.10. The van der Waals surface area contributed by atoms with Gasteiger partial charge < -0.3 is 30.3 Å². The number of aromatic nitrogens is 3. The number of alkyl halides is 2. The summed E-state index contributed by atoms with van der Waals surface area (Å²) in [6, 6.07) is 11.3. The lowest BCUT2D eigenvalue weighted by molar-refractivity contribution is -0.169. The van der Waals surface area contributed by atoms with Crippen LogP contribution in [0.4, 0.5) is 20.4 Å². The molecule has 4 N–H and O–H groups in total. The van der Waals surface area contributed by atoms with E-state index in [1.807, 2.05) is 6.07 Å². The molecule has 40 heavy (non-hydrogen) atoms. The number of anilines is 2. The van der Waals surface area contributed by atoms with Gasteiger partial charge in [0.15, 0.2) is 0 Å². The maximum atomic E-state index is 13.7. The van der Waals surface area contributed by atoms with Crippen LogP contribution in [0.5, 0.6) is 11.6 Å². The van der Waals surface area contributed by atoms with Gasteiger partial charge in [-0.25, -0.2) is 23.7 Å². The number of aliphatic hydroxyl groups excluding tert-OH is 2. The van der Waals surface area contributed by atoms with Gasteiger partial charge in [0.2, 0.25) is 23.4 Å². The Hall–Kier alpha value is -4.58. The molecule has 0 saturated carbocycles. The molecule has 0 amide bonds. The molecule has 4 rings (SSSR count). The highest BCUT2D eigenvalue weighted by Gasteiger charge is 2.58. The monoisotopic (exact) mass is 554 g/mol. The number of rotatable bonds is 10. The Bertz CT molecular complexity index is 1430. The first-order valence-corrected chi connectivity index (χ1v) is 11.9. The van der Waals surface area contributed by atoms with E-state index in [1.165, 1.54) is 25.4 Å². The number of nitriles is 1. The minimum atomic E-state index is -3.12. The van der Waals surface area contributed by atoms with Crippen molar-refractivity contribution in [2.75, 3.05) is 25.5 Å². The lowest BCUT2D eigenvalue weighted by Gasteiger charge is -2.41. The van der Waals surface area contributed by atoms with E-state index >= 15 is 0 Å². The number of Topliss-reactive ketones (excluding diaryl/α,β-unsaturated/α-hetero) is 2. The van der Waals surface area contributed by atoms with Gasteiger partial charge in [-0.05, 0) is 43.3 Å². The summed E-state index contributed by atoms with van der Waals surface area (Å²) in [5.74, 6) is -2.76. The highest BCUT2D eigenvalue weighted by Crippen LogP contribution is 2.37. The molecule has 1 aliphatic rings. The summed E-state index contributed by atoms with van der Waals surface area (Å²) in [5.41, 5.74) is -1.06. The number of benzene rings is 1. The van der Waals surface area contributed by atoms with Crippen molar-refractivity contribution in [1.82, 2.24) is 20.3 Å². The first kappa shape index (κ1) is 28.4. The van der Waals surface area contributed by atoms with E-state index in [4.69, 9.17) is 9.47 Å².